The first-order valence-corrected chi connectivity index (χ1v) is 15.7. The molecule has 0 fully saturated rings. The van der Waals surface area contributed by atoms with Gasteiger partial charge >= 0.3 is 0 Å². The van der Waals surface area contributed by atoms with Gasteiger partial charge in [-0.2, -0.15) is 0 Å². The third-order valence-corrected chi connectivity index (χ3v) is 9.76. The second-order valence-corrected chi connectivity index (χ2v) is 12.3. The van der Waals surface area contributed by atoms with Crippen molar-refractivity contribution in [1.29, 1.82) is 0 Å². The van der Waals surface area contributed by atoms with Crippen LogP contribution in [0.2, 0.25) is 0 Å². The van der Waals surface area contributed by atoms with E-state index in [1.807, 2.05) is 18.3 Å². The summed E-state index contributed by atoms with van der Waals surface area (Å²) in [6, 6.07) is 42.2. The van der Waals surface area contributed by atoms with E-state index in [9.17, 15) is 0 Å². The van der Waals surface area contributed by atoms with Crippen LogP contribution in [0.1, 0.15) is 0 Å². The van der Waals surface area contributed by atoms with Crippen LogP contribution in [0.4, 0.5) is 0 Å². The summed E-state index contributed by atoms with van der Waals surface area (Å²) in [5.74, 6) is 0. The molecule has 5 aromatic carbocycles. The fraction of sp³-hybridized carbons (Fsp3) is 0. The van der Waals surface area contributed by atoms with Crippen LogP contribution in [-0.4, -0.2) is 19.4 Å². The Hall–Kier alpha value is -5.85. The lowest BCUT2D eigenvalue weighted by Gasteiger charge is -2.09. The van der Waals surface area contributed by atoms with Crippen molar-refractivity contribution in [3.63, 3.8) is 0 Å². The van der Waals surface area contributed by atoms with Gasteiger partial charge in [0.15, 0.2) is 4.96 Å². The van der Waals surface area contributed by atoms with Gasteiger partial charge in [0.25, 0.3) is 0 Å². The highest BCUT2D eigenvalue weighted by Gasteiger charge is 2.20. The van der Waals surface area contributed by atoms with Crippen LogP contribution < -0.4 is 0 Å². The zero-order chi connectivity index (χ0) is 29.5. The highest BCUT2D eigenvalue weighted by molar-refractivity contribution is 7.23. The van der Waals surface area contributed by atoms with Gasteiger partial charge in [0.05, 0.1) is 21.4 Å². The number of para-hydroxylation sites is 4. The van der Waals surface area contributed by atoms with Crippen molar-refractivity contribution in [3.05, 3.63) is 134 Å². The fourth-order valence-electron chi connectivity index (χ4n) is 6.68. The molecule has 0 aliphatic rings. The van der Waals surface area contributed by atoms with Gasteiger partial charge in [0.2, 0.25) is 0 Å². The molecule has 5 aromatic heterocycles. The predicted molar refractivity (Wildman–Crippen MR) is 185 cm³/mol. The molecule has 45 heavy (non-hydrogen) atoms. The first kappa shape index (κ1) is 24.6. The number of benzene rings is 5. The molecule has 6 heteroatoms. The van der Waals surface area contributed by atoms with Crippen LogP contribution >= 0.6 is 11.3 Å². The van der Waals surface area contributed by atoms with Gasteiger partial charge in [0.1, 0.15) is 22.2 Å². The number of rotatable bonds is 3. The topological polar surface area (TPSA) is 56.2 Å². The van der Waals surface area contributed by atoms with Crippen molar-refractivity contribution >= 4 is 70.4 Å². The number of nitrogens with zero attached hydrogens (tertiary/aromatic N) is 4. The Morgan fingerprint density at radius 1 is 0.578 bits per heavy atom. The van der Waals surface area contributed by atoms with Gasteiger partial charge in [-0.3, -0.25) is 9.38 Å². The summed E-state index contributed by atoms with van der Waals surface area (Å²) in [6.45, 7) is 0. The van der Waals surface area contributed by atoms with Crippen molar-refractivity contribution in [2.75, 3.05) is 0 Å². The standard InChI is InChI=1S/C39H22N4OS/c1-2-14-31-30(9-1)35-36(43-32-15-3-4-16-33(32)45-39(43)42-35)34(41-31)24-19-17-23(18-20-24)26-10-5-12-28-29-13-6-11-27(38(29)44-37(26)28)25-8-7-21-40-22-25/h1-22H. The summed E-state index contributed by atoms with van der Waals surface area (Å²) >= 11 is 1.71. The lowest BCUT2D eigenvalue weighted by atomic mass is 9.99. The Balaban J connectivity index is 1.17. The van der Waals surface area contributed by atoms with Gasteiger partial charge in [-0.25, -0.2) is 9.97 Å². The maximum absolute atomic E-state index is 6.66. The summed E-state index contributed by atoms with van der Waals surface area (Å²) in [4.78, 5) is 15.7. The number of imidazole rings is 1. The molecule has 0 radical (unpaired) electrons. The molecular formula is C39H22N4OS. The molecule has 0 spiro atoms. The van der Waals surface area contributed by atoms with Gasteiger partial charge in [-0.05, 0) is 29.8 Å². The minimum Gasteiger partial charge on any atom is -0.455 e. The molecular weight excluding hydrogens is 573 g/mol. The second kappa shape index (κ2) is 9.32. The van der Waals surface area contributed by atoms with E-state index in [-0.39, 0.29) is 0 Å². The molecule has 0 saturated carbocycles. The number of hydrogen-bond donors (Lipinski definition) is 0. The van der Waals surface area contributed by atoms with E-state index >= 15 is 0 Å². The predicted octanol–water partition coefficient (Wildman–Crippen LogP) is 10.5. The van der Waals surface area contributed by atoms with E-state index in [4.69, 9.17) is 14.4 Å². The Kier molecular flexibility index (Phi) is 5.09. The van der Waals surface area contributed by atoms with Crippen LogP contribution in [0.3, 0.4) is 0 Å². The normalized spacial score (nSPS) is 12.0. The fourth-order valence-corrected chi connectivity index (χ4v) is 7.70. The van der Waals surface area contributed by atoms with Crippen LogP contribution in [0, 0.1) is 0 Å². The second-order valence-electron chi connectivity index (χ2n) is 11.3. The smallest absolute Gasteiger partial charge is 0.195 e. The molecule has 0 saturated heterocycles. The van der Waals surface area contributed by atoms with Gasteiger partial charge in [-0.1, -0.05) is 108 Å². The molecule has 0 aliphatic carbocycles. The summed E-state index contributed by atoms with van der Waals surface area (Å²) in [7, 11) is 0. The lowest BCUT2D eigenvalue weighted by molar-refractivity contribution is 0.671. The third-order valence-electron chi connectivity index (χ3n) is 8.74. The number of hydrogen-bond acceptors (Lipinski definition) is 5. The van der Waals surface area contributed by atoms with Crippen LogP contribution in [0.25, 0.3) is 92.6 Å². The number of furan rings is 1. The molecule has 210 valence electrons. The highest BCUT2D eigenvalue weighted by Crippen LogP contribution is 2.41. The van der Waals surface area contributed by atoms with Crippen LogP contribution in [0.15, 0.2) is 138 Å². The average Bonchev–Trinajstić information content (AvgIpc) is 3.78. The van der Waals surface area contributed by atoms with Crippen molar-refractivity contribution in [1.82, 2.24) is 19.4 Å². The Labute approximate surface area is 260 Å². The zero-order valence-corrected chi connectivity index (χ0v) is 24.6. The lowest BCUT2D eigenvalue weighted by Crippen LogP contribution is -1.92. The van der Waals surface area contributed by atoms with E-state index < -0.39 is 0 Å². The first-order valence-electron chi connectivity index (χ1n) is 14.9. The molecule has 0 bridgehead atoms. The molecule has 0 N–H and O–H groups in total. The third kappa shape index (κ3) is 3.57. The molecule has 0 atom stereocenters. The molecule has 5 heterocycles. The Bertz CT molecular complexity index is 2750. The quantitative estimate of drug-likeness (QED) is 0.204. The Morgan fingerprint density at radius 3 is 2.09 bits per heavy atom. The minimum atomic E-state index is 0.875. The van der Waals surface area contributed by atoms with Crippen LogP contribution in [0.5, 0.6) is 0 Å². The van der Waals surface area contributed by atoms with E-state index in [1.54, 1.807) is 17.5 Å². The molecule has 10 aromatic rings. The number of aromatic nitrogens is 4. The molecule has 5 nitrogen and oxygen atoms in total. The zero-order valence-electron chi connectivity index (χ0n) is 23.8. The van der Waals surface area contributed by atoms with Crippen molar-refractivity contribution in [3.8, 4) is 33.5 Å². The Morgan fingerprint density at radius 2 is 1.29 bits per heavy atom. The highest BCUT2D eigenvalue weighted by atomic mass is 32.1. The summed E-state index contributed by atoms with van der Waals surface area (Å²) in [5, 5.41) is 3.26. The maximum Gasteiger partial charge on any atom is 0.195 e. The summed E-state index contributed by atoms with van der Waals surface area (Å²) in [5.41, 5.74) is 12.0. The van der Waals surface area contributed by atoms with Crippen LogP contribution in [-0.2, 0) is 0 Å². The molecule has 0 aliphatic heterocycles. The monoisotopic (exact) mass is 594 g/mol. The minimum absolute atomic E-state index is 0.875. The van der Waals surface area contributed by atoms with E-state index in [1.165, 1.54) is 4.70 Å². The number of thiazole rings is 1. The first-order chi connectivity index (χ1) is 22.3. The number of pyridine rings is 2. The molecule has 10 rings (SSSR count). The summed E-state index contributed by atoms with van der Waals surface area (Å²) in [6.07, 6.45) is 3.67. The largest absolute Gasteiger partial charge is 0.455 e. The molecule has 0 amide bonds. The van der Waals surface area contributed by atoms with E-state index in [0.29, 0.717) is 0 Å². The van der Waals surface area contributed by atoms with Gasteiger partial charge in [0, 0.05) is 50.8 Å². The van der Waals surface area contributed by atoms with Crippen molar-refractivity contribution in [2.45, 2.75) is 0 Å². The van der Waals surface area contributed by atoms with Crippen molar-refractivity contribution < 1.29 is 4.42 Å². The maximum atomic E-state index is 6.66. The van der Waals surface area contributed by atoms with E-state index in [0.717, 1.165) is 87.9 Å². The van der Waals surface area contributed by atoms with Gasteiger partial charge in [-0.15, -0.1) is 0 Å². The summed E-state index contributed by atoms with van der Waals surface area (Å²) < 4.78 is 10.1. The van der Waals surface area contributed by atoms with Gasteiger partial charge < -0.3 is 4.42 Å². The number of fused-ring (bicyclic) bond motifs is 10. The average molecular weight is 595 g/mol. The molecule has 0 unspecified atom stereocenters. The van der Waals surface area contributed by atoms with E-state index in [2.05, 4.69) is 119 Å². The SMILES string of the molecule is c1cncc(-c2cccc3c2oc2c(-c4ccc(-c5nc6ccccc6c6nc7sc8ccccc8n7c56)cc4)cccc23)c1. The van der Waals surface area contributed by atoms with Crippen molar-refractivity contribution in [2.24, 2.45) is 0 Å².